The molecule has 1 aliphatic rings. The van der Waals surface area contributed by atoms with E-state index < -0.39 is 0 Å². The molecule has 0 bridgehead atoms. The van der Waals surface area contributed by atoms with Gasteiger partial charge in [-0.1, -0.05) is 6.07 Å². The number of pyridine rings is 1. The van der Waals surface area contributed by atoms with Gasteiger partial charge in [0.05, 0.1) is 40.2 Å². The van der Waals surface area contributed by atoms with Crippen molar-refractivity contribution in [1.82, 2.24) is 24.4 Å². The molecule has 8 heteroatoms. The molecule has 3 atom stereocenters. The van der Waals surface area contributed by atoms with Crippen molar-refractivity contribution < 1.29 is 0 Å². The summed E-state index contributed by atoms with van der Waals surface area (Å²) < 4.78 is 1.64. The summed E-state index contributed by atoms with van der Waals surface area (Å²) in [6, 6.07) is 12.9. The number of nitrogens with zero attached hydrogens (tertiary/aromatic N) is 6. The molecule has 34 heavy (non-hydrogen) atoms. The number of nitriles is 1. The average Bonchev–Trinajstić information content (AvgIpc) is 3.26. The summed E-state index contributed by atoms with van der Waals surface area (Å²) >= 11 is 0. The Hall–Kier alpha value is -3.70. The number of aromatic amines is 1. The van der Waals surface area contributed by atoms with Crippen LogP contribution in [0.1, 0.15) is 38.1 Å². The minimum absolute atomic E-state index is 0.0436. The maximum atomic E-state index is 12.8. The third-order valence-electron chi connectivity index (χ3n) is 7.15. The summed E-state index contributed by atoms with van der Waals surface area (Å²) in [4.78, 5) is 29.9. The first kappa shape index (κ1) is 22.1. The molecular weight excluding hydrogens is 426 g/mol. The van der Waals surface area contributed by atoms with Gasteiger partial charge in [0.25, 0.3) is 5.56 Å². The second kappa shape index (κ2) is 8.58. The number of nitrogens with one attached hydrogen (secondary N) is 1. The molecule has 1 aliphatic heterocycles. The number of anilines is 1. The fourth-order valence-electron chi connectivity index (χ4n) is 5.23. The zero-order valence-electron chi connectivity index (χ0n) is 20.0. The molecule has 1 fully saturated rings. The van der Waals surface area contributed by atoms with Crippen LogP contribution in [0.4, 0.5) is 5.69 Å². The maximum absolute atomic E-state index is 12.8. The Balaban J connectivity index is 1.45. The number of hydrogen-bond donors (Lipinski definition) is 1. The van der Waals surface area contributed by atoms with Gasteiger partial charge in [0.15, 0.2) is 0 Å². The lowest BCUT2D eigenvalue weighted by Crippen LogP contribution is -2.57. The number of aromatic nitrogens is 4. The minimum atomic E-state index is -0.0436. The van der Waals surface area contributed by atoms with E-state index in [1.54, 1.807) is 30.1 Å². The van der Waals surface area contributed by atoms with Crippen LogP contribution in [0, 0.1) is 11.3 Å². The van der Waals surface area contributed by atoms with Gasteiger partial charge in [-0.05, 0) is 44.5 Å². The zero-order chi connectivity index (χ0) is 24.0. The largest absolute Gasteiger partial charge is 0.364 e. The van der Waals surface area contributed by atoms with E-state index in [0.29, 0.717) is 0 Å². The van der Waals surface area contributed by atoms with Crippen molar-refractivity contribution in [2.45, 2.75) is 45.3 Å². The number of benzene rings is 1. The van der Waals surface area contributed by atoms with Gasteiger partial charge in [0, 0.05) is 62.4 Å². The van der Waals surface area contributed by atoms with Gasteiger partial charge in [0.1, 0.15) is 0 Å². The van der Waals surface area contributed by atoms with E-state index in [0.717, 1.165) is 46.5 Å². The molecule has 174 valence electrons. The van der Waals surface area contributed by atoms with Crippen LogP contribution in [-0.2, 0) is 13.5 Å². The molecule has 0 radical (unpaired) electrons. The van der Waals surface area contributed by atoms with Gasteiger partial charge < -0.3 is 14.5 Å². The van der Waals surface area contributed by atoms with E-state index in [4.69, 9.17) is 5.26 Å². The van der Waals surface area contributed by atoms with Gasteiger partial charge in [-0.2, -0.15) is 5.26 Å². The Morgan fingerprint density at radius 3 is 2.65 bits per heavy atom. The van der Waals surface area contributed by atoms with Crippen molar-refractivity contribution in [3.8, 4) is 6.07 Å². The van der Waals surface area contributed by atoms with Gasteiger partial charge in [-0.25, -0.2) is 0 Å². The summed E-state index contributed by atoms with van der Waals surface area (Å²) in [6.45, 7) is 8.35. The third-order valence-corrected chi connectivity index (χ3v) is 7.15. The van der Waals surface area contributed by atoms with Crippen molar-refractivity contribution in [2.24, 2.45) is 7.05 Å². The summed E-state index contributed by atoms with van der Waals surface area (Å²) in [6.07, 6.45) is 3.74. The molecular formula is C26H29N7O. The molecule has 4 heterocycles. The van der Waals surface area contributed by atoms with E-state index in [1.165, 1.54) is 5.56 Å². The van der Waals surface area contributed by atoms with Gasteiger partial charge in [0.2, 0.25) is 0 Å². The standard InChI is InChI=1S/C26H29N7O/c1-16-15-33(24-13-25(34)31(4)23-12-20(7-8-27)30-26(23)24)17(2)14-32(16)18(3)19-5-6-21-22(11-19)29-10-9-28-21/h5-6,9-13,16-18,30H,7,14-15H2,1-4H3/t16-,17+,18?/m1/s1. The highest BCUT2D eigenvalue weighted by molar-refractivity contribution is 5.90. The highest BCUT2D eigenvalue weighted by Gasteiger charge is 2.33. The second-order valence-corrected chi connectivity index (χ2v) is 9.34. The molecule has 0 amide bonds. The number of H-pyrrole nitrogens is 1. The van der Waals surface area contributed by atoms with Crippen LogP contribution < -0.4 is 10.5 Å². The number of fused-ring (bicyclic) bond motifs is 2. The summed E-state index contributed by atoms with van der Waals surface area (Å²) in [5.41, 5.74) is 6.48. The Morgan fingerprint density at radius 1 is 1.12 bits per heavy atom. The van der Waals surface area contributed by atoms with Crippen LogP contribution in [0.2, 0.25) is 0 Å². The predicted octanol–water partition coefficient (Wildman–Crippen LogP) is 3.54. The van der Waals surface area contributed by atoms with Crippen molar-refractivity contribution in [3.63, 3.8) is 0 Å². The lowest BCUT2D eigenvalue weighted by Gasteiger charge is -2.47. The Bertz CT molecular complexity index is 1460. The van der Waals surface area contributed by atoms with E-state index in [1.807, 2.05) is 12.1 Å². The SMILES string of the molecule is CC(c1ccc2nccnc2c1)N1C[C@H](C)N(c2cc(=O)n(C)c3cc(CC#N)[nH]c23)C[C@H]1C. The Labute approximate surface area is 198 Å². The number of piperazine rings is 1. The predicted molar refractivity (Wildman–Crippen MR) is 134 cm³/mol. The summed E-state index contributed by atoms with van der Waals surface area (Å²) in [5.74, 6) is 0. The summed E-state index contributed by atoms with van der Waals surface area (Å²) in [7, 11) is 1.78. The zero-order valence-corrected chi connectivity index (χ0v) is 20.0. The Morgan fingerprint density at radius 2 is 1.88 bits per heavy atom. The third kappa shape index (κ3) is 3.72. The fourth-order valence-corrected chi connectivity index (χ4v) is 5.23. The molecule has 5 rings (SSSR count). The van der Waals surface area contributed by atoms with Crippen LogP contribution in [0.3, 0.4) is 0 Å². The quantitative estimate of drug-likeness (QED) is 0.506. The molecule has 4 aromatic rings. The van der Waals surface area contributed by atoms with Crippen molar-refractivity contribution in [3.05, 3.63) is 64.3 Å². The first-order valence-electron chi connectivity index (χ1n) is 11.7. The fraction of sp³-hybridized carbons (Fsp3) is 0.385. The first-order chi connectivity index (χ1) is 16.4. The van der Waals surface area contributed by atoms with Gasteiger partial charge in [-0.15, -0.1) is 0 Å². The molecule has 0 spiro atoms. The number of hydrogen-bond acceptors (Lipinski definition) is 6. The molecule has 0 aliphatic carbocycles. The maximum Gasteiger partial charge on any atom is 0.252 e. The lowest BCUT2D eigenvalue weighted by molar-refractivity contribution is 0.119. The molecule has 3 aromatic heterocycles. The van der Waals surface area contributed by atoms with Crippen LogP contribution >= 0.6 is 0 Å². The molecule has 1 N–H and O–H groups in total. The molecule has 1 aromatic carbocycles. The van der Waals surface area contributed by atoms with E-state index >= 15 is 0 Å². The van der Waals surface area contributed by atoms with Crippen LogP contribution in [0.5, 0.6) is 0 Å². The van der Waals surface area contributed by atoms with Crippen LogP contribution in [0.25, 0.3) is 22.1 Å². The molecule has 1 unspecified atom stereocenters. The topological polar surface area (TPSA) is 93.8 Å². The van der Waals surface area contributed by atoms with E-state index in [-0.39, 0.29) is 30.1 Å². The molecule has 0 saturated carbocycles. The van der Waals surface area contributed by atoms with E-state index in [9.17, 15) is 4.79 Å². The Kier molecular flexibility index (Phi) is 5.58. The smallest absolute Gasteiger partial charge is 0.252 e. The van der Waals surface area contributed by atoms with Crippen molar-refractivity contribution in [1.29, 1.82) is 5.26 Å². The van der Waals surface area contributed by atoms with Crippen LogP contribution in [-0.4, -0.2) is 49.6 Å². The highest BCUT2D eigenvalue weighted by Crippen LogP contribution is 2.33. The monoisotopic (exact) mass is 455 g/mol. The number of rotatable bonds is 4. The van der Waals surface area contributed by atoms with Gasteiger partial charge >= 0.3 is 0 Å². The summed E-state index contributed by atoms with van der Waals surface area (Å²) in [5, 5.41) is 9.14. The second-order valence-electron chi connectivity index (χ2n) is 9.34. The first-order valence-corrected chi connectivity index (χ1v) is 11.7. The van der Waals surface area contributed by atoms with Crippen molar-refractivity contribution >= 4 is 27.8 Å². The average molecular weight is 456 g/mol. The van der Waals surface area contributed by atoms with E-state index in [2.05, 4.69) is 63.7 Å². The van der Waals surface area contributed by atoms with Crippen molar-refractivity contribution in [2.75, 3.05) is 18.0 Å². The lowest BCUT2D eigenvalue weighted by atomic mass is 10.00. The molecule has 8 nitrogen and oxygen atoms in total. The minimum Gasteiger partial charge on any atom is -0.364 e. The normalized spacial score (nSPS) is 20.0. The van der Waals surface area contributed by atoms with Crippen LogP contribution in [0.15, 0.2) is 47.5 Å². The number of aryl methyl sites for hydroxylation is 1. The molecule has 1 saturated heterocycles. The highest BCUT2D eigenvalue weighted by atomic mass is 16.1. The van der Waals surface area contributed by atoms with Gasteiger partial charge in [-0.3, -0.25) is 19.7 Å².